The number of aromatic hydroxyl groups is 1. The molecule has 0 radical (unpaired) electrons. The van der Waals surface area contributed by atoms with Crippen molar-refractivity contribution in [3.05, 3.63) is 29.3 Å². The third-order valence-electron chi connectivity index (χ3n) is 3.63. The Morgan fingerprint density at radius 3 is 2.71 bits per heavy atom. The van der Waals surface area contributed by atoms with Crippen LogP contribution in [-0.2, 0) is 11.2 Å². The van der Waals surface area contributed by atoms with Crippen LogP contribution in [0.1, 0.15) is 36.8 Å². The van der Waals surface area contributed by atoms with Gasteiger partial charge in [0.1, 0.15) is 5.75 Å². The molecule has 3 nitrogen and oxygen atoms in total. The predicted octanol–water partition coefficient (Wildman–Crippen LogP) is 2.29. The van der Waals surface area contributed by atoms with Crippen LogP contribution in [0.25, 0.3) is 0 Å². The largest absolute Gasteiger partial charge is 0.508 e. The van der Waals surface area contributed by atoms with Gasteiger partial charge in [0, 0.05) is 13.1 Å². The summed E-state index contributed by atoms with van der Waals surface area (Å²) in [7, 11) is 0. The zero-order valence-corrected chi connectivity index (χ0v) is 10.2. The summed E-state index contributed by atoms with van der Waals surface area (Å²) in [4.78, 5) is 12.5. The number of phenolic OH excluding ortho intramolecular Hbond substituents is 1. The molecule has 1 aliphatic heterocycles. The number of hydrogen-bond donors (Lipinski definition) is 1. The van der Waals surface area contributed by atoms with Gasteiger partial charge in [-0.3, -0.25) is 4.79 Å². The van der Waals surface area contributed by atoms with E-state index in [9.17, 15) is 9.90 Å². The minimum Gasteiger partial charge on any atom is -0.508 e. The molecule has 2 rings (SSSR count). The van der Waals surface area contributed by atoms with Crippen molar-refractivity contribution in [2.75, 3.05) is 13.1 Å². The molecule has 1 aliphatic rings. The van der Waals surface area contributed by atoms with Crippen LogP contribution in [-0.4, -0.2) is 29.5 Å². The molecule has 92 valence electrons. The maximum Gasteiger partial charge on any atom is 0.209 e. The van der Waals surface area contributed by atoms with E-state index in [4.69, 9.17) is 0 Å². The van der Waals surface area contributed by atoms with Crippen LogP contribution in [0.5, 0.6) is 5.75 Å². The van der Waals surface area contributed by atoms with Crippen LogP contribution in [0.15, 0.2) is 18.2 Å². The van der Waals surface area contributed by atoms with E-state index < -0.39 is 0 Å². The van der Waals surface area contributed by atoms with Gasteiger partial charge >= 0.3 is 0 Å². The fourth-order valence-electron chi connectivity index (χ4n) is 2.61. The lowest BCUT2D eigenvalue weighted by Gasteiger charge is -2.30. The summed E-state index contributed by atoms with van der Waals surface area (Å²) in [5, 5.41) is 9.49. The van der Waals surface area contributed by atoms with Gasteiger partial charge in [-0.15, -0.1) is 0 Å². The van der Waals surface area contributed by atoms with E-state index >= 15 is 0 Å². The Morgan fingerprint density at radius 2 is 2.12 bits per heavy atom. The van der Waals surface area contributed by atoms with Crippen molar-refractivity contribution in [1.82, 2.24) is 4.90 Å². The van der Waals surface area contributed by atoms with E-state index in [-0.39, 0.29) is 0 Å². The maximum atomic E-state index is 10.7. The number of carbonyl (C=O) groups is 1. The second kappa shape index (κ2) is 5.21. The first-order chi connectivity index (χ1) is 8.24. The molecule has 0 atom stereocenters. The molecule has 0 saturated carbocycles. The Kier molecular flexibility index (Phi) is 3.67. The zero-order chi connectivity index (χ0) is 12.3. The van der Waals surface area contributed by atoms with Crippen molar-refractivity contribution in [2.45, 2.75) is 32.1 Å². The van der Waals surface area contributed by atoms with E-state index in [2.05, 4.69) is 6.92 Å². The number of aryl methyl sites for hydroxylation is 1. The molecule has 3 heteroatoms. The number of phenols is 1. The second-order valence-electron chi connectivity index (χ2n) is 4.65. The normalized spacial score (nSPS) is 17.1. The van der Waals surface area contributed by atoms with Crippen molar-refractivity contribution >= 4 is 6.41 Å². The fraction of sp³-hybridized carbons (Fsp3) is 0.500. The Morgan fingerprint density at radius 1 is 1.41 bits per heavy atom. The van der Waals surface area contributed by atoms with Gasteiger partial charge in [-0.05, 0) is 48.4 Å². The van der Waals surface area contributed by atoms with Crippen LogP contribution < -0.4 is 0 Å². The smallest absolute Gasteiger partial charge is 0.209 e. The maximum absolute atomic E-state index is 10.7. The highest BCUT2D eigenvalue weighted by Gasteiger charge is 2.21. The van der Waals surface area contributed by atoms with Gasteiger partial charge in [0.05, 0.1) is 0 Å². The third-order valence-corrected chi connectivity index (χ3v) is 3.63. The number of benzene rings is 1. The topological polar surface area (TPSA) is 40.5 Å². The minimum atomic E-state index is 0.343. The molecule has 1 heterocycles. The second-order valence-corrected chi connectivity index (χ2v) is 4.65. The number of amides is 1. The molecule has 0 spiro atoms. The number of nitrogens with zero attached hydrogens (tertiary/aromatic N) is 1. The minimum absolute atomic E-state index is 0.343. The SMILES string of the molecule is CCc1cc(O)ccc1C1CCN(C=O)CC1. The molecule has 1 N–H and O–H groups in total. The van der Waals surface area contributed by atoms with Crippen molar-refractivity contribution in [2.24, 2.45) is 0 Å². The summed E-state index contributed by atoms with van der Waals surface area (Å²) in [6, 6.07) is 5.66. The van der Waals surface area contributed by atoms with Crippen molar-refractivity contribution in [1.29, 1.82) is 0 Å². The molecule has 0 aromatic heterocycles. The van der Waals surface area contributed by atoms with Gasteiger partial charge in [-0.2, -0.15) is 0 Å². The molecule has 1 saturated heterocycles. The number of carbonyl (C=O) groups excluding carboxylic acids is 1. The number of piperidine rings is 1. The van der Waals surface area contributed by atoms with Crippen LogP contribution in [0.2, 0.25) is 0 Å². The molecular formula is C14H19NO2. The molecule has 1 aromatic rings. The molecule has 0 unspecified atom stereocenters. The van der Waals surface area contributed by atoms with Crippen LogP contribution in [0.4, 0.5) is 0 Å². The van der Waals surface area contributed by atoms with Crippen LogP contribution >= 0.6 is 0 Å². The van der Waals surface area contributed by atoms with E-state index in [1.807, 2.05) is 17.0 Å². The molecule has 1 aromatic carbocycles. The number of rotatable bonds is 3. The Balaban J connectivity index is 2.15. The van der Waals surface area contributed by atoms with E-state index in [0.29, 0.717) is 11.7 Å². The first-order valence-corrected chi connectivity index (χ1v) is 6.25. The van der Waals surface area contributed by atoms with Gasteiger partial charge in [0.15, 0.2) is 0 Å². The lowest BCUT2D eigenvalue weighted by atomic mass is 9.86. The summed E-state index contributed by atoms with van der Waals surface area (Å²) in [5.74, 6) is 0.873. The molecule has 0 bridgehead atoms. The first-order valence-electron chi connectivity index (χ1n) is 6.25. The summed E-state index contributed by atoms with van der Waals surface area (Å²) in [6.45, 7) is 3.80. The summed E-state index contributed by atoms with van der Waals surface area (Å²) in [5.41, 5.74) is 2.57. The highest BCUT2D eigenvalue weighted by Crippen LogP contribution is 2.31. The van der Waals surface area contributed by atoms with Gasteiger partial charge in [0.25, 0.3) is 0 Å². The van der Waals surface area contributed by atoms with E-state index in [1.165, 1.54) is 11.1 Å². The monoisotopic (exact) mass is 233 g/mol. The molecule has 1 amide bonds. The van der Waals surface area contributed by atoms with Gasteiger partial charge in [-0.1, -0.05) is 13.0 Å². The summed E-state index contributed by atoms with van der Waals surface area (Å²) in [6.07, 6.45) is 3.93. The number of likely N-dealkylation sites (tertiary alicyclic amines) is 1. The molecule has 0 aliphatic carbocycles. The highest BCUT2D eigenvalue weighted by molar-refractivity contribution is 5.47. The first kappa shape index (κ1) is 12.0. The Bertz CT molecular complexity index is 395. The summed E-state index contributed by atoms with van der Waals surface area (Å²) < 4.78 is 0. The van der Waals surface area contributed by atoms with Crippen molar-refractivity contribution < 1.29 is 9.90 Å². The lowest BCUT2D eigenvalue weighted by molar-refractivity contribution is -0.119. The zero-order valence-electron chi connectivity index (χ0n) is 10.2. The predicted molar refractivity (Wildman–Crippen MR) is 67.1 cm³/mol. The quantitative estimate of drug-likeness (QED) is 0.814. The number of hydrogen-bond acceptors (Lipinski definition) is 2. The van der Waals surface area contributed by atoms with Gasteiger partial charge in [-0.25, -0.2) is 0 Å². The molecule has 1 fully saturated rings. The molecular weight excluding hydrogens is 214 g/mol. The third kappa shape index (κ3) is 2.60. The fourth-order valence-corrected chi connectivity index (χ4v) is 2.61. The van der Waals surface area contributed by atoms with Gasteiger partial charge in [0.2, 0.25) is 6.41 Å². The average molecular weight is 233 g/mol. The van der Waals surface area contributed by atoms with E-state index in [0.717, 1.165) is 38.8 Å². The Labute approximate surface area is 102 Å². The summed E-state index contributed by atoms with van der Waals surface area (Å²) >= 11 is 0. The lowest BCUT2D eigenvalue weighted by Crippen LogP contribution is -2.31. The van der Waals surface area contributed by atoms with Crippen LogP contribution in [0.3, 0.4) is 0 Å². The standard InChI is InChI=1S/C14H19NO2/c1-2-11-9-13(17)3-4-14(11)12-5-7-15(10-16)8-6-12/h3-4,9-10,12,17H,2,5-8H2,1H3. The Hall–Kier alpha value is -1.51. The van der Waals surface area contributed by atoms with Crippen LogP contribution in [0, 0.1) is 0 Å². The van der Waals surface area contributed by atoms with E-state index in [1.54, 1.807) is 6.07 Å². The van der Waals surface area contributed by atoms with Crippen molar-refractivity contribution in [3.63, 3.8) is 0 Å². The highest BCUT2D eigenvalue weighted by atomic mass is 16.3. The molecule has 17 heavy (non-hydrogen) atoms. The van der Waals surface area contributed by atoms with Crippen molar-refractivity contribution in [3.8, 4) is 5.75 Å². The van der Waals surface area contributed by atoms with Gasteiger partial charge < -0.3 is 10.0 Å². The average Bonchev–Trinajstić information content (AvgIpc) is 2.39.